The van der Waals surface area contributed by atoms with Crippen molar-refractivity contribution in [3.05, 3.63) is 11.3 Å². The minimum Gasteiger partial charge on any atom is -0.263 e. The van der Waals surface area contributed by atoms with Crippen molar-refractivity contribution in [3.8, 4) is 0 Å². The molecule has 0 aliphatic carbocycles. The first kappa shape index (κ1) is 10.4. The van der Waals surface area contributed by atoms with Crippen LogP contribution in [-0.2, 0) is 0 Å². The van der Waals surface area contributed by atoms with E-state index in [0.29, 0.717) is 0 Å². The molecule has 0 aliphatic heterocycles. The molecule has 0 aromatic rings. The molecule has 64 valence electrons. The topological polar surface area (TPSA) is 12.4 Å². The van der Waals surface area contributed by atoms with Gasteiger partial charge in [0.25, 0.3) is 0 Å². The summed E-state index contributed by atoms with van der Waals surface area (Å²) in [5.41, 5.74) is 3.73. The second-order valence-electron chi connectivity index (χ2n) is 3.17. The van der Waals surface area contributed by atoms with Crippen LogP contribution in [0.3, 0.4) is 0 Å². The van der Waals surface area contributed by atoms with Gasteiger partial charge in [0, 0.05) is 11.4 Å². The summed E-state index contributed by atoms with van der Waals surface area (Å²) in [5, 5.41) is 0. The molecule has 1 nitrogen and oxygen atoms in total. The molecule has 0 bridgehead atoms. The van der Waals surface area contributed by atoms with Crippen LogP contribution in [0.2, 0.25) is 0 Å². The molecule has 0 aliphatic rings. The maximum atomic E-state index is 4.39. The average molecular weight is 153 g/mol. The molecule has 0 unspecified atom stereocenters. The van der Waals surface area contributed by atoms with E-state index in [2.05, 4.69) is 25.8 Å². The van der Waals surface area contributed by atoms with E-state index in [1.165, 1.54) is 24.1 Å². The number of nitrogens with zero attached hydrogens (tertiary/aromatic N) is 1. The van der Waals surface area contributed by atoms with Crippen LogP contribution in [0.25, 0.3) is 0 Å². The van der Waals surface area contributed by atoms with Gasteiger partial charge >= 0.3 is 0 Å². The summed E-state index contributed by atoms with van der Waals surface area (Å²) in [4.78, 5) is 4.39. The van der Waals surface area contributed by atoms with Gasteiger partial charge in [0.2, 0.25) is 0 Å². The van der Waals surface area contributed by atoms with E-state index in [4.69, 9.17) is 0 Å². The van der Waals surface area contributed by atoms with E-state index in [1.54, 1.807) is 0 Å². The van der Waals surface area contributed by atoms with Crippen LogP contribution >= 0.6 is 0 Å². The summed E-state index contributed by atoms with van der Waals surface area (Å²) >= 11 is 0. The van der Waals surface area contributed by atoms with Crippen LogP contribution < -0.4 is 0 Å². The van der Waals surface area contributed by atoms with Gasteiger partial charge in [-0.05, 0) is 34.1 Å². The van der Waals surface area contributed by atoms with Crippen LogP contribution in [0, 0.1) is 0 Å². The zero-order valence-electron chi connectivity index (χ0n) is 8.36. The smallest absolute Gasteiger partial charge is 0.0361 e. The van der Waals surface area contributed by atoms with Crippen molar-refractivity contribution in [1.29, 1.82) is 0 Å². The summed E-state index contributed by atoms with van der Waals surface area (Å²) in [5.74, 6) is 0. The van der Waals surface area contributed by atoms with E-state index in [0.717, 1.165) is 5.71 Å². The van der Waals surface area contributed by atoms with Crippen molar-refractivity contribution in [2.75, 3.05) is 0 Å². The van der Waals surface area contributed by atoms with Gasteiger partial charge in [0.1, 0.15) is 0 Å². The molecular weight excluding hydrogens is 134 g/mol. The van der Waals surface area contributed by atoms with E-state index in [1.807, 2.05) is 13.8 Å². The normalized spacial score (nSPS) is 12.5. The highest BCUT2D eigenvalue weighted by Gasteiger charge is 1.92. The first-order chi connectivity index (χ1) is 5.07. The Hall–Kier alpha value is -0.590. The molecule has 0 aromatic heterocycles. The number of aliphatic imine (C=N–C) groups is 1. The molecule has 11 heavy (non-hydrogen) atoms. The zero-order valence-corrected chi connectivity index (χ0v) is 8.36. The van der Waals surface area contributed by atoms with Gasteiger partial charge in [0.15, 0.2) is 0 Å². The van der Waals surface area contributed by atoms with Gasteiger partial charge in [-0.2, -0.15) is 0 Å². The Morgan fingerprint density at radius 3 is 2.00 bits per heavy atom. The third-order valence-corrected chi connectivity index (χ3v) is 1.63. The van der Waals surface area contributed by atoms with E-state index in [9.17, 15) is 0 Å². The monoisotopic (exact) mass is 153 g/mol. The Bertz CT molecular complexity index is 171. The fraction of sp³-hybridized carbons (Fsp3) is 0.700. The predicted octanol–water partition coefficient (Wildman–Crippen LogP) is 3.56. The average Bonchev–Trinajstić information content (AvgIpc) is 1.86. The maximum absolute atomic E-state index is 4.39. The molecular formula is C10H19N. The molecule has 0 radical (unpaired) electrons. The summed E-state index contributed by atoms with van der Waals surface area (Å²) in [6, 6.07) is 0. The summed E-state index contributed by atoms with van der Waals surface area (Å²) in [7, 11) is 0. The highest BCUT2D eigenvalue weighted by atomic mass is 14.7. The lowest BCUT2D eigenvalue weighted by molar-refractivity contribution is 0.886. The quantitative estimate of drug-likeness (QED) is 0.550. The lowest BCUT2D eigenvalue weighted by Gasteiger charge is -2.01. The molecule has 0 rings (SSSR count). The van der Waals surface area contributed by atoms with Crippen molar-refractivity contribution in [2.24, 2.45) is 4.99 Å². The maximum Gasteiger partial charge on any atom is 0.0361 e. The zero-order chi connectivity index (χ0) is 8.85. The summed E-state index contributed by atoms with van der Waals surface area (Å²) < 4.78 is 0. The predicted molar refractivity (Wildman–Crippen MR) is 52.1 cm³/mol. The van der Waals surface area contributed by atoms with E-state index >= 15 is 0 Å². The van der Waals surface area contributed by atoms with Crippen molar-refractivity contribution < 1.29 is 0 Å². The highest BCUT2D eigenvalue weighted by Crippen LogP contribution is 2.10. The number of hydrogen-bond donors (Lipinski definition) is 0. The summed E-state index contributed by atoms with van der Waals surface area (Å²) in [6.07, 6.45) is 2.38. The van der Waals surface area contributed by atoms with E-state index in [-0.39, 0.29) is 0 Å². The number of rotatable bonds is 3. The Kier molecular flexibility index (Phi) is 4.84. The molecule has 0 heterocycles. The van der Waals surface area contributed by atoms with Crippen LogP contribution in [0.5, 0.6) is 0 Å². The van der Waals surface area contributed by atoms with Crippen molar-refractivity contribution in [1.82, 2.24) is 0 Å². The van der Waals surface area contributed by atoms with Gasteiger partial charge in [0.05, 0.1) is 0 Å². The Morgan fingerprint density at radius 2 is 1.64 bits per heavy atom. The minimum atomic E-state index is 1.14. The number of hydrogen-bond acceptors (Lipinski definition) is 1. The fourth-order valence-electron chi connectivity index (χ4n) is 0.987. The third kappa shape index (κ3) is 4.77. The lowest BCUT2D eigenvalue weighted by atomic mass is 10.1. The van der Waals surface area contributed by atoms with Gasteiger partial charge in [-0.1, -0.05) is 18.9 Å². The molecule has 0 amide bonds. The van der Waals surface area contributed by atoms with Crippen LogP contribution in [0.1, 0.15) is 47.5 Å². The molecule has 0 atom stereocenters. The van der Waals surface area contributed by atoms with Crippen LogP contribution in [0.15, 0.2) is 16.3 Å². The Morgan fingerprint density at radius 1 is 1.09 bits per heavy atom. The van der Waals surface area contributed by atoms with Gasteiger partial charge < -0.3 is 0 Å². The second kappa shape index (κ2) is 5.11. The standard InChI is InChI=1S/C10H19N/c1-6-7-9(4)10(5)11-8(2)3/h6-7H2,1-5H3/b10-9-. The molecule has 0 saturated heterocycles. The van der Waals surface area contributed by atoms with E-state index < -0.39 is 0 Å². The first-order valence-corrected chi connectivity index (χ1v) is 4.26. The van der Waals surface area contributed by atoms with Crippen LogP contribution in [-0.4, -0.2) is 5.71 Å². The Balaban J connectivity index is 4.27. The molecule has 0 N–H and O–H groups in total. The molecule has 0 aromatic carbocycles. The Labute approximate surface area is 70.2 Å². The first-order valence-electron chi connectivity index (χ1n) is 4.26. The largest absolute Gasteiger partial charge is 0.263 e. The van der Waals surface area contributed by atoms with Gasteiger partial charge in [-0.3, -0.25) is 4.99 Å². The lowest BCUT2D eigenvalue weighted by Crippen LogP contribution is -1.85. The highest BCUT2D eigenvalue weighted by molar-refractivity contribution is 5.80. The molecule has 0 saturated carbocycles. The third-order valence-electron chi connectivity index (χ3n) is 1.63. The second-order valence-corrected chi connectivity index (χ2v) is 3.17. The number of allylic oxidation sites excluding steroid dienone is 2. The van der Waals surface area contributed by atoms with Crippen molar-refractivity contribution >= 4 is 5.71 Å². The fourth-order valence-corrected chi connectivity index (χ4v) is 0.987. The minimum absolute atomic E-state index is 1.14. The van der Waals surface area contributed by atoms with Crippen LogP contribution in [0.4, 0.5) is 0 Å². The SMILES string of the molecule is CCC/C(C)=C(/C)N=C(C)C. The van der Waals surface area contributed by atoms with Gasteiger partial charge in [-0.15, -0.1) is 0 Å². The molecule has 0 fully saturated rings. The summed E-state index contributed by atoms with van der Waals surface area (Å²) in [6.45, 7) is 10.5. The van der Waals surface area contributed by atoms with Gasteiger partial charge in [-0.25, -0.2) is 0 Å². The molecule has 0 spiro atoms. The van der Waals surface area contributed by atoms with Crippen molar-refractivity contribution in [2.45, 2.75) is 47.5 Å². The molecule has 1 heteroatoms. The van der Waals surface area contributed by atoms with Crippen molar-refractivity contribution in [3.63, 3.8) is 0 Å².